The Morgan fingerprint density at radius 3 is 2.31 bits per heavy atom. The van der Waals surface area contributed by atoms with E-state index in [1.165, 1.54) is 7.11 Å². The lowest BCUT2D eigenvalue weighted by Gasteiger charge is -2.10. The van der Waals surface area contributed by atoms with Gasteiger partial charge in [0.1, 0.15) is 11.5 Å². The van der Waals surface area contributed by atoms with Gasteiger partial charge in [-0.2, -0.15) is 0 Å². The van der Waals surface area contributed by atoms with Crippen molar-refractivity contribution in [1.29, 1.82) is 0 Å². The van der Waals surface area contributed by atoms with Crippen LogP contribution in [0.5, 0.6) is 11.5 Å². The van der Waals surface area contributed by atoms with E-state index in [-0.39, 0.29) is 13.2 Å². The number of hydrogen-bond acceptors (Lipinski definition) is 6. The molecule has 3 rings (SSSR count). The molecular formula is C22H23NO6. The van der Waals surface area contributed by atoms with Crippen molar-refractivity contribution >= 4 is 22.8 Å². The first-order chi connectivity index (χ1) is 14.0. The van der Waals surface area contributed by atoms with Gasteiger partial charge < -0.3 is 23.5 Å². The van der Waals surface area contributed by atoms with Crippen LogP contribution in [0.1, 0.15) is 23.0 Å². The number of esters is 2. The minimum absolute atomic E-state index is 0.213. The fourth-order valence-electron chi connectivity index (χ4n) is 3.21. The lowest BCUT2D eigenvalue weighted by atomic mass is 10.1. The predicted octanol–water partition coefficient (Wildman–Crippen LogP) is 3.68. The van der Waals surface area contributed by atoms with E-state index >= 15 is 0 Å². The molecule has 0 unspecified atom stereocenters. The second kappa shape index (κ2) is 8.68. The maximum absolute atomic E-state index is 12.7. The normalized spacial score (nSPS) is 10.6. The number of nitrogens with zero attached hydrogens (tertiary/aromatic N) is 1. The molecule has 29 heavy (non-hydrogen) atoms. The molecule has 1 aromatic heterocycles. The van der Waals surface area contributed by atoms with Crippen LogP contribution in [-0.2, 0) is 14.3 Å². The van der Waals surface area contributed by atoms with Crippen molar-refractivity contribution in [2.45, 2.75) is 13.8 Å². The molecule has 0 bridgehead atoms. The molecule has 0 N–H and O–H groups in total. The van der Waals surface area contributed by atoms with Crippen LogP contribution in [0.3, 0.4) is 0 Å². The van der Waals surface area contributed by atoms with Gasteiger partial charge in [-0.15, -0.1) is 0 Å². The van der Waals surface area contributed by atoms with Crippen LogP contribution in [0.15, 0.2) is 42.5 Å². The predicted molar refractivity (Wildman–Crippen MR) is 108 cm³/mol. The zero-order chi connectivity index (χ0) is 21.0. The van der Waals surface area contributed by atoms with E-state index in [9.17, 15) is 9.59 Å². The number of benzene rings is 2. The third kappa shape index (κ3) is 4.03. The minimum Gasteiger partial charge on any atom is -0.497 e. The molecule has 2 aromatic carbocycles. The van der Waals surface area contributed by atoms with Gasteiger partial charge in [0, 0.05) is 16.8 Å². The molecule has 0 aliphatic heterocycles. The lowest BCUT2D eigenvalue weighted by Crippen LogP contribution is -2.12. The number of hydrogen-bond donors (Lipinski definition) is 0. The average molecular weight is 397 g/mol. The Labute approximate surface area is 168 Å². The topological polar surface area (TPSA) is 76.0 Å². The minimum atomic E-state index is -0.484. The van der Waals surface area contributed by atoms with E-state index in [0.29, 0.717) is 16.7 Å². The maximum atomic E-state index is 12.7. The molecule has 0 atom stereocenters. The summed E-state index contributed by atoms with van der Waals surface area (Å²) in [6.45, 7) is 3.69. The fourth-order valence-corrected chi connectivity index (χ4v) is 3.21. The van der Waals surface area contributed by atoms with E-state index in [0.717, 1.165) is 22.6 Å². The lowest BCUT2D eigenvalue weighted by molar-refractivity contribution is -0.142. The molecule has 0 fully saturated rings. The van der Waals surface area contributed by atoms with Gasteiger partial charge in [0.2, 0.25) is 0 Å². The van der Waals surface area contributed by atoms with Crippen LogP contribution < -0.4 is 9.47 Å². The molecule has 3 aromatic rings. The smallest absolute Gasteiger partial charge is 0.343 e. The van der Waals surface area contributed by atoms with Gasteiger partial charge in [-0.1, -0.05) is 0 Å². The van der Waals surface area contributed by atoms with Gasteiger partial charge in [0.05, 0.1) is 31.9 Å². The number of rotatable bonds is 7. The van der Waals surface area contributed by atoms with Gasteiger partial charge in [-0.3, -0.25) is 0 Å². The van der Waals surface area contributed by atoms with Crippen LogP contribution in [0.4, 0.5) is 0 Å². The summed E-state index contributed by atoms with van der Waals surface area (Å²) in [6.07, 6.45) is 0. The van der Waals surface area contributed by atoms with Gasteiger partial charge >= 0.3 is 11.9 Å². The van der Waals surface area contributed by atoms with Crippen molar-refractivity contribution in [3.05, 3.63) is 53.7 Å². The summed E-state index contributed by atoms with van der Waals surface area (Å²) in [7, 11) is 2.91. The average Bonchev–Trinajstić information content (AvgIpc) is 3.03. The van der Waals surface area contributed by atoms with Crippen molar-refractivity contribution in [1.82, 2.24) is 4.57 Å². The number of carbonyl (C=O) groups is 2. The monoisotopic (exact) mass is 397 g/mol. The van der Waals surface area contributed by atoms with E-state index in [1.807, 2.05) is 41.8 Å². The Balaban J connectivity index is 2.14. The van der Waals surface area contributed by atoms with Gasteiger partial charge in [0.15, 0.2) is 6.61 Å². The molecule has 0 saturated heterocycles. The number of ether oxygens (including phenoxy) is 4. The van der Waals surface area contributed by atoms with E-state index in [4.69, 9.17) is 14.2 Å². The summed E-state index contributed by atoms with van der Waals surface area (Å²) >= 11 is 0. The molecule has 7 heteroatoms. The first-order valence-corrected chi connectivity index (χ1v) is 9.16. The van der Waals surface area contributed by atoms with Crippen molar-refractivity contribution in [2.24, 2.45) is 0 Å². The molecule has 7 nitrogen and oxygen atoms in total. The summed E-state index contributed by atoms with van der Waals surface area (Å²) in [5.41, 5.74) is 2.91. The maximum Gasteiger partial charge on any atom is 0.343 e. The standard InChI is InChI=1S/C22H23NO6/c1-5-28-22(25)21-14(2)23(15-6-8-16(26-3)9-7-15)19-11-10-17(12-18(19)21)29-13-20(24)27-4/h6-12H,5,13H2,1-4H3. The quantitative estimate of drug-likeness (QED) is 0.566. The summed E-state index contributed by atoms with van der Waals surface area (Å²) in [5, 5.41) is 0.680. The van der Waals surface area contributed by atoms with Crippen LogP contribution in [0.2, 0.25) is 0 Å². The molecule has 0 aliphatic carbocycles. The second-order valence-electron chi connectivity index (χ2n) is 6.26. The molecule has 0 radical (unpaired) electrons. The zero-order valence-electron chi connectivity index (χ0n) is 16.9. The van der Waals surface area contributed by atoms with E-state index < -0.39 is 11.9 Å². The number of fused-ring (bicyclic) bond motifs is 1. The summed E-state index contributed by atoms with van der Waals surface area (Å²) < 4.78 is 22.6. The Bertz CT molecular complexity index is 1040. The molecule has 0 amide bonds. The van der Waals surface area contributed by atoms with Crippen LogP contribution in [0, 0.1) is 6.92 Å². The van der Waals surface area contributed by atoms with Crippen molar-refractivity contribution in [2.75, 3.05) is 27.4 Å². The fraction of sp³-hybridized carbons (Fsp3) is 0.273. The number of aromatic nitrogens is 1. The van der Waals surface area contributed by atoms with Crippen molar-refractivity contribution in [3.63, 3.8) is 0 Å². The Kier molecular flexibility index (Phi) is 6.07. The first kappa shape index (κ1) is 20.3. The first-order valence-electron chi connectivity index (χ1n) is 9.16. The highest BCUT2D eigenvalue weighted by Gasteiger charge is 2.22. The number of methoxy groups -OCH3 is 2. The number of carbonyl (C=O) groups excluding carboxylic acids is 2. The van der Waals surface area contributed by atoms with E-state index in [2.05, 4.69) is 4.74 Å². The highest BCUT2D eigenvalue weighted by molar-refractivity contribution is 6.07. The molecule has 1 heterocycles. The van der Waals surface area contributed by atoms with Crippen molar-refractivity contribution in [3.8, 4) is 17.2 Å². The van der Waals surface area contributed by atoms with Crippen molar-refractivity contribution < 1.29 is 28.5 Å². The Morgan fingerprint density at radius 2 is 1.69 bits per heavy atom. The summed E-state index contributed by atoms with van der Waals surface area (Å²) in [6, 6.07) is 12.9. The van der Waals surface area contributed by atoms with Crippen LogP contribution in [-0.4, -0.2) is 43.9 Å². The Hall–Kier alpha value is -3.48. The zero-order valence-corrected chi connectivity index (χ0v) is 16.9. The van der Waals surface area contributed by atoms with Gasteiger partial charge in [-0.05, 0) is 56.3 Å². The molecule has 152 valence electrons. The summed E-state index contributed by atoms with van der Waals surface area (Å²) in [4.78, 5) is 24.0. The third-order valence-electron chi connectivity index (χ3n) is 4.57. The highest BCUT2D eigenvalue weighted by Crippen LogP contribution is 2.33. The Morgan fingerprint density at radius 1 is 1.00 bits per heavy atom. The third-order valence-corrected chi connectivity index (χ3v) is 4.57. The molecular weight excluding hydrogens is 374 g/mol. The van der Waals surface area contributed by atoms with E-state index in [1.54, 1.807) is 26.2 Å². The second-order valence-corrected chi connectivity index (χ2v) is 6.26. The van der Waals surface area contributed by atoms with Crippen LogP contribution in [0.25, 0.3) is 16.6 Å². The molecule has 0 spiro atoms. The highest BCUT2D eigenvalue weighted by atomic mass is 16.6. The molecule has 0 saturated carbocycles. The largest absolute Gasteiger partial charge is 0.497 e. The SMILES string of the molecule is CCOC(=O)c1c(C)n(-c2ccc(OC)cc2)c2ccc(OCC(=O)OC)cc12. The molecule has 0 aliphatic rings. The summed E-state index contributed by atoms with van der Waals surface area (Å²) in [5.74, 6) is 0.308. The van der Waals surface area contributed by atoms with Crippen LogP contribution >= 0.6 is 0 Å². The van der Waals surface area contributed by atoms with Gasteiger partial charge in [0.25, 0.3) is 0 Å². The van der Waals surface area contributed by atoms with Gasteiger partial charge in [-0.25, -0.2) is 9.59 Å².